The zero-order chi connectivity index (χ0) is 13.2. The first-order valence-electron chi connectivity index (χ1n) is 5.45. The maximum atomic E-state index is 13.1. The molecule has 0 spiro atoms. The lowest BCUT2D eigenvalue weighted by atomic mass is 10.1. The lowest BCUT2D eigenvalue weighted by Crippen LogP contribution is -2.36. The largest absolute Gasteiger partial charge is 0.389 e. The summed E-state index contributed by atoms with van der Waals surface area (Å²) < 4.78 is 13.1. The Bertz CT molecular complexity index is 424. The van der Waals surface area contributed by atoms with Crippen molar-refractivity contribution in [1.82, 2.24) is 0 Å². The highest BCUT2D eigenvalue weighted by Crippen LogP contribution is 2.22. The van der Waals surface area contributed by atoms with Gasteiger partial charge < -0.3 is 10.0 Å². The van der Waals surface area contributed by atoms with E-state index in [1.165, 1.54) is 19.1 Å². The molecule has 1 aromatic rings. The van der Waals surface area contributed by atoms with Crippen molar-refractivity contribution in [1.29, 1.82) is 0 Å². The number of carbonyl (C=O) groups excluding carboxylic acids is 1. The molecule has 0 radical (unpaired) electrons. The van der Waals surface area contributed by atoms with Gasteiger partial charge >= 0.3 is 0 Å². The Morgan fingerprint density at radius 3 is 2.53 bits per heavy atom. The molecule has 3 nitrogen and oxygen atoms in total. The van der Waals surface area contributed by atoms with Gasteiger partial charge in [-0.05, 0) is 39.0 Å². The van der Waals surface area contributed by atoms with E-state index in [1.54, 1.807) is 31.9 Å². The minimum absolute atomic E-state index is 0.193. The van der Waals surface area contributed by atoms with Gasteiger partial charge in [-0.3, -0.25) is 4.79 Å². The van der Waals surface area contributed by atoms with Gasteiger partial charge in [-0.25, -0.2) is 4.39 Å². The van der Waals surface area contributed by atoms with Crippen molar-refractivity contribution in [2.24, 2.45) is 0 Å². The van der Waals surface area contributed by atoms with Crippen molar-refractivity contribution < 1.29 is 14.3 Å². The molecule has 1 rings (SSSR count). The fourth-order valence-corrected chi connectivity index (χ4v) is 1.79. The summed E-state index contributed by atoms with van der Waals surface area (Å²) in [6.07, 6.45) is 0. The van der Waals surface area contributed by atoms with Crippen LogP contribution in [-0.4, -0.2) is 30.1 Å². The molecule has 17 heavy (non-hydrogen) atoms. The SMILES string of the molecule is CC(=O)c1cc(F)ccc1N(C)CC(C)(C)O. The molecule has 0 aliphatic heterocycles. The zero-order valence-electron chi connectivity index (χ0n) is 10.6. The van der Waals surface area contributed by atoms with Gasteiger partial charge in [0.05, 0.1) is 5.60 Å². The number of halogens is 1. The van der Waals surface area contributed by atoms with Crippen LogP contribution < -0.4 is 4.90 Å². The number of anilines is 1. The summed E-state index contributed by atoms with van der Waals surface area (Å²) in [5.74, 6) is -0.627. The molecule has 0 saturated carbocycles. The summed E-state index contributed by atoms with van der Waals surface area (Å²) >= 11 is 0. The number of ketones is 1. The fraction of sp³-hybridized carbons (Fsp3) is 0.462. The molecule has 4 heteroatoms. The van der Waals surface area contributed by atoms with Crippen LogP contribution in [0.25, 0.3) is 0 Å². The molecule has 94 valence electrons. The highest BCUT2D eigenvalue weighted by Gasteiger charge is 2.19. The molecule has 0 atom stereocenters. The number of nitrogens with zero attached hydrogens (tertiary/aromatic N) is 1. The Kier molecular flexibility index (Phi) is 3.88. The average Bonchev–Trinajstić information content (AvgIpc) is 2.14. The van der Waals surface area contributed by atoms with Crippen molar-refractivity contribution in [3.05, 3.63) is 29.6 Å². The quantitative estimate of drug-likeness (QED) is 0.819. The molecule has 0 amide bonds. The van der Waals surface area contributed by atoms with Gasteiger partial charge in [0.25, 0.3) is 0 Å². The average molecular weight is 239 g/mol. The lowest BCUT2D eigenvalue weighted by molar-refractivity contribution is 0.0882. The minimum Gasteiger partial charge on any atom is -0.389 e. The van der Waals surface area contributed by atoms with E-state index in [0.29, 0.717) is 17.8 Å². The molecule has 0 heterocycles. The Morgan fingerprint density at radius 2 is 2.06 bits per heavy atom. The summed E-state index contributed by atoms with van der Waals surface area (Å²) in [6.45, 7) is 5.12. The smallest absolute Gasteiger partial charge is 0.161 e. The van der Waals surface area contributed by atoms with Crippen molar-refractivity contribution in [3.8, 4) is 0 Å². The number of Topliss-reactive ketones (excluding diaryl/α,β-unsaturated/α-hetero) is 1. The number of carbonyl (C=O) groups is 1. The first-order chi connectivity index (χ1) is 7.70. The number of aliphatic hydroxyl groups is 1. The van der Waals surface area contributed by atoms with Crippen LogP contribution in [0.2, 0.25) is 0 Å². The van der Waals surface area contributed by atoms with Crippen molar-refractivity contribution in [2.45, 2.75) is 26.4 Å². The first kappa shape index (κ1) is 13.6. The summed E-state index contributed by atoms with van der Waals surface area (Å²) in [5.41, 5.74) is 0.0785. The number of hydrogen-bond donors (Lipinski definition) is 1. The van der Waals surface area contributed by atoms with E-state index in [-0.39, 0.29) is 5.78 Å². The van der Waals surface area contributed by atoms with Crippen LogP contribution in [0, 0.1) is 5.82 Å². The van der Waals surface area contributed by atoms with E-state index < -0.39 is 11.4 Å². The highest BCUT2D eigenvalue weighted by atomic mass is 19.1. The maximum absolute atomic E-state index is 13.1. The normalized spacial score (nSPS) is 11.4. The first-order valence-corrected chi connectivity index (χ1v) is 5.45. The third-order valence-electron chi connectivity index (χ3n) is 2.37. The van der Waals surface area contributed by atoms with Crippen LogP contribution in [-0.2, 0) is 0 Å². The Hall–Kier alpha value is -1.42. The second-order valence-electron chi connectivity index (χ2n) is 4.89. The summed E-state index contributed by atoms with van der Waals surface area (Å²) in [7, 11) is 1.76. The van der Waals surface area contributed by atoms with Crippen LogP contribution in [0.4, 0.5) is 10.1 Å². The molecular formula is C13H18FNO2. The van der Waals surface area contributed by atoms with E-state index in [2.05, 4.69) is 0 Å². The molecule has 0 aliphatic rings. The van der Waals surface area contributed by atoms with Gasteiger partial charge in [0.15, 0.2) is 5.78 Å². The van der Waals surface area contributed by atoms with Crippen LogP contribution in [0.15, 0.2) is 18.2 Å². The van der Waals surface area contributed by atoms with Crippen molar-refractivity contribution in [2.75, 3.05) is 18.5 Å². The fourth-order valence-electron chi connectivity index (χ4n) is 1.79. The topological polar surface area (TPSA) is 40.5 Å². The second kappa shape index (κ2) is 4.84. The predicted molar refractivity (Wildman–Crippen MR) is 66.0 cm³/mol. The number of likely N-dealkylation sites (N-methyl/N-ethyl adjacent to an activating group) is 1. The molecule has 1 aromatic carbocycles. The Labute approximate surface area is 101 Å². The molecule has 1 N–H and O–H groups in total. The molecule has 0 unspecified atom stereocenters. The Morgan fingerprint density at radius 1 is 1.47 bits per heavy atom. The van der Waals surface area contributed by atoms with Crippen LogP contribution in [0.3, 0.4) is 0 Å². The van der Waals surface area contributed by atoms with Gasteiger partial charge in [0.1, 0.15) is 5.82 Å². The van der Waals surface area contributed by atoms with Gasteiger partial charge in [-0.1, -0.05) is 0 Å². The van der Waals surface area contributed by atoms with E-state index in [0.717, 1.165) is 0 Å². The van der Waals surface area contributed by atoms with E-state index in [9.17, 15) is 14.3 Å². The summed E-state index contributed by atoms with van der Waals surface area (Å²) in [5, 5.41) is 9.73. The van der Waals surface area contributed by atoms with Gasteiger partial charge in [-0.15, -0.1) is 0 Å². The lowest BCUT2D eigenvalue weighted by Gasteiger charge is -2.28. The third kappa shape index (κ3) is 3.82. The van der Waals surface area contributed by atoms with Crippen molar-refractivity contribution in [3.63, 3.8) is 0 Å². The molecule has 0 saturated heterocycles. The molecule has 0 aromatic heterocycles. The van der Waals surface area contributed by atoms with E-state index >= 15 is 0 Å². The monoisotopic (exact) mass is 239 g/mol. The van der Waals surface area contributed by atoms with Gasteiger partial charge in [-0.2, -0.15) is 0 Å². The Balaban J connectivity index is 3.09. The van der Waals surface area contributed by atoms with E-state index in [1.807, 2.05) is 0 Å². The number of benzene rings is 1. The predicted octanol–water partition coefficient (Wildman–Crippen LogP) is 2.24. The third-order valence-corrected chi connectivity index (χ3v) is 2.37. The molecule has 0 aliphatic carbocycles. The molecular weight excluding hydrogens is 221 g/mol. The molecule has 0 bridgehead atoms. The molecule has 0 fully saturated rings. The second-order valence-corrected chi connectivity index (χ2v) is 4.89. The van der Waals surface area contributed by atoms with Crippen molar-refractivity contribution >= 4 is 11.5 Å². The van der Waals surface area contributed by atoms with Gasteiger partial charge in [0, 0.05) is 24.8 Å². The highest BCUT2D eigenvalue weighted by molar-refractivity contribution is 5.99. The van der Waals surface area contributed by atoms with Crippen LogP contribution in [0.1, 0.15) is 31.1 Å². The minimum atomic E-state index is -0.878. The van der Waals surface area contributed by atoms with Crippen LogP contribution >= 0.6 is 0 Å². The maximum Gasteiger partial charge on any atom is 0.161 e. The zero-order valence-corrected chi connectivity index (χ0v) is 10.6. The number of hydrogen-bond acceptors (Lipinski definition) is 3. The number of rotatable bonds is 4. The van der Waals surface area contributed by atoms with E-state index in [4.69, 9.17) is 0 Å². The summed E-state index contributed by atoms with van der Waals surface area (Å²) in [4.78, 5) is 13.2. The van der Waals surface area contributed by atoms with Crippen LogP contribution in [0.5, 0.6) is 0 Å². The summed E-state index contributed by atoms with van der Waals surface area (Å²) in [6, 6.07) is 4.08. The standard InChI is InChI=1S/C13H18FNO2/c1-9(16)11-7-10(14)5-6-12(11)15(4)8-13(2,3)17/h5-7,17H,8H2,1-4H3. The van der Waals surface area contributed by atoms with Gasteiger partial charge in [0.2, 0.25) is 0 Å².